The lowest BCUT2D eigenvalue weighted by atomic mass is 10.3. The first-order valence-corrected chi connectivity index (χ1v) is 4.22. The molecular weight excluding hydrogens is 176 g/mol. The van der Waals surface area contributed by atoms with Crippen LogP contribution in [-0.2, 0) is 4.74 Å². The van der Waals surface area contributed by atoms with Crippen molar-refractivity contribution in [3.8, 4) is 5.75 Å². The molecule has 2 rings (SSSR count). The van der Waals surface area contributed by atoms with E-state index >= 15 is 0 Å². The molecule has 2 nitrogen and oxygen atoms in total. The van der Waals surface area contributed by atoms with E-state index in [2.05, 4.69) is 0 Å². The molecule has 1 saturated heterocycles. The standard InChI is InChI=1S/C9H9ClO2/c10-7-2-1-3-8(4-7)11-5-9-6-12-9/h1-4,9H,5-6H2. The monoisotopic (exact) mass is 184 g/mol. The van der Waals surface area contributed by atoms with E-state index in [1.54, 1.807) is 6.07 Å². The number of benzene rings is 1. The van der Waals surface area contributed by atoms with E-state index in [4.69, 9.17) is 21.1 Å². The van der Waals surface area contributed by atoms with E-state index in [9.17, 15) is 0 Å². The van der Waals surface area contributed by atoms with Gasteiger partial charge in [0.1, 0.15) is 18.5 Å². The molecule has 1 fully saturated rings. The van der Waals surface area contributed by atoms with Crippen LogP contribution in [0.25, 0.3) is 0 Å². The number of epoxide rings is 1. The second-order valence-electron chi connectivity index (χ2n) is 2.72. The maximum Gasteiger partial charge on any atom is 0.120 e. The largest absolute Gasteiger partial charge is 0.491 e. The topological polar surface area (TPSA) is 21.8 Å². The molecule has 0 radical (unpaired) electrons. The van der Waals surface area contributed by atoms with Crippen molar-refractivity contribution in [2.75, 3.05) is 13.2 Å². The highest BCUT2D eigenvalue weighted by Gasteiger charge is 2.22. The van der Waals surface area contributed by atoms with Gasteiger partial charge in [-0.25, -0.2) is 0 Å². The van der Waals surface area contributed by atoms with Gasteiger partial charge in [0.2, 0.25) is 0 Å². The highest BCUT2D eigenvalue weighted by molar-refractivity contribution is 6.30. The molecule has 1 aromatic rings. The SMILES string of the molecule is Clc1cccc(OCC2CO2)c1. The van der Waals surface area contributed by atoms with E-state index in [0.29, 0.717) is 17.7 Å². The molecule has 64 valence electrons. The van der Waals surface area contributed by atoms with Crippen molar-refractivity contribution in [2.45, 2.75) is 6.10 Å². The zero-order valence-corrected chi connectivity index (χ0v) is 7.25. The van der Waals surface area contributed by atoms with Crippen molar-refractivity contribution in [1.82, 2.24) is 0 Å². The van der Waals surface area contributed by atoms with Gasteiger partial charge in [0.15, 0.2) is 0 Å². The minimum absolute atomic E-state index is 0.295. The summed E-state index contributed by atoms with van der Waals surface area (Å²) in [4.78, 5) is 0. The van der Waals surface area contributed by atoms with Gasteiger partial charge in [0.05, 0.1) is 6.61 Å². The fraction of sp³-hybridized carbons (Fsp3) is 0.333. The normalized spacial score (nSPS) is 20.6. The van der Waals surface area contributed by atoms with Crippen LogP contribution in [0.1, 0.15) is 0 Å². The van der Waals surface area contributed by atoms with Crippen LogP contribution in [0.4, 0.5) is 0 Å². The van der Waals surface area contributed by atoms with Crippen LogP contribution in [0.5, 0.6) is 5.75 Å². The number of rotatable bonds is 3. The second-order valence-corrected chi connectivity index (χ2v) is 3.16. The lowest BCUT2D eigenvalue weighted by Gasteiger charge is -2.03. The summed E-state index contributed by atoms with van der Waals surface area (Å²) in [7, 11) is 0. The molecule has 1 heterocycles. The molecule has 1 unspecified atom stereocenters. The van der Waals surface area contributed by atoms with Crippen molar-refractivity contribution in [2.24, 2.45) is 0 Å². The molecule has 3 heteroatoms. The van der Waals surface area contributed by atoms with Crippen LogP contribution in [0.3, 0.4) is 0 Å². The Morgan fingerprint density at radius 1 is 1.58 bits per heavy atom. The fourth-order valence-electron chi connectivity index (χ4n) is 0.910. The summed E-state index contributed by atoms with van der Waals surface area (Å²) < 4.78 is 10.4. The average Bonchev–Trinajstić information content (AvgIpc) is 2.84. The summed E-state index contributed by atoms with van der Waals surface area (Å²) in [5, 5.41) is 0.698. The Morgan fingerprint density at radius 2 is 2.42 bits per heavy atom. The minimum atomic E-state index is 0.295. The maximum atomic E-state index is 5.76. The van der Waals surface area contributed by atoms with Gasteiger partial charge in [-0.3, -0.25) is 0 Å². The Morgan fingerprint density at radius 3 is 3.08 bits per heavy atom. The van der Waals surface area contributed by atoms with Crippen LogP contribution >= 0.6 is 11.6 Å². The molecule has 12 heavy (non-hydrogen) atoms. The van der Waals surface area contributed by atoms with Crippen molar-refractivity contribution < 1.29 is 9.47 Å². The van der Waals surface area contributed by atoms with Gasteiger partial charge < -0.3 is 9.47 Å². The van der Waals surface area contributed by atoms with Gasteiger partial charge in [-0.2, -0.15) is 0 Å². The average molecular weight is 185 g/mol. The summed E-state index contributed by atoms with van der Waals surface area (Å²) in [6.45, 7) is 1.45. The van der Waals surface area contributed by atoms with Crippen LogP contribution in [-0.4, -0.2) is 19.3 Å². The molecule has 0 bridgehead atoms. The van der Waals surface area contributed by atoms with Gasteiger partial charge in [-0.05, 0) is 18.2 Å². The molecule has 1 aliphatic heterocycles. The Hall–Kier alpha value is -0.730. The Kier molecular flexibility index (Phi) is 2.19. The number of halogens is 1. The third kappa shape index (κ3) is 2.13. The number of hydrogen-bond donors (Lipinski definition) is 0. The van der Waals surface area contributed by atoms with E-state index in [1.807, 2.05) is 18.2 Å². The third-order valence-electron chi connectivity index (χ3n) is 1.63. The van der Waals surface area contributed by atoms with Gasteiger partial charge in [0.25, 0.3) is 0 Å². The lowest BCUT2D eigenvalue weighted by molar-refractivity contribution is 0.263. The second kappa shape index (κ2) is 3.33. The van der Waals surface area contributed by atoms with Crippen LogP contribution in [0, 0.1) is 0 Å². The molecule has 0 saturated carbocycles. The molecule has 1 atom stereocenters. The van der Waals surface area contributed by atoms with Crippen molar-refractivity contribution in [3.63, 3.8) is 0 Å². The zero-order chi connectivity index (χ0) is 8.39. The summed E-state index contributed by atoms with van der Waals surface area (Å²) in [6, 6.07) is 7.37. The van der Waals surface area contributed by atoms with E-state index in [-0.39, 0.29) is 0 Å². The first kappa shape index (κ1) is 7.90. The molecule has 0 aliphatic carbocycles. The van der Waals surface area contributed by atoms with Crippen LogP contribution in [0.2, 0.25) is 5.02 Å². The first-order valence-electron chi connectivity index (χ1n) is 3.84. The van der Waals surface area contributed by atoms with Gasteiger partial charge >= 0.3 is 0 Å². The van der Waals surface area contributed by atoms with Crippen LogP contribution < -0.4 is 4.74 Å². The van der Waals surface area contributed by atoms with Gasteiger partial charge in [-0.15, -0.1) is 0 Å². The Bertz CT molecular complexity index is 271. The van der Waals surface area contributed by atoms with E-state index in [0.717, 1.165) is 12.4 Å². The van der Waals surface area contributed by atoms with Crippen molar-refractivity contribution in [1.29, 1.82) is 0 Å². The molecule has 1 aliphatic rings. The van der Waals surface area contributed by atoms with Crippen molar-refractivity contribution >= 4 is 11.6 Å². The smallest absolute Gasteiger partial charge is 0.120 e. The summed E-state index contributed by atoms with van der Waals surface area (Å²) in [6.07, 6.45) is 0.295. The molecule has 0 aromatic heterocycles. The highest BCUT2D eigenvalue weighted by atomic mass is 35.5. The number of hydrogen-bond acceptors (Lipinski definition) is 2. The predicted octanol–water partition coefficient (Wildman–Crippen LogP) is 2.12. The quantitative estimate of drug-likeness (QED) is 0.672. The minimum Gasteiger partial charge on any atom is -0.491 e. The summed E-state index contributed by atoms with van der Waals surface area (Å²) in [5.74, 6) is 0.804. The Labute approximate surface area is 76.1 Å². The molecule has 0 spiro atoms. The number of ether oxygens (including phenoxy) is 2. The van der Waals surface area contributed by atoms with Crippen LogP contribution in [0.15, 0.2) is 24.3 Å². The molecule has 0 amide bonds. The fourth-order valence-corrected chi connectivity index (χ4v) is 1.09. The third-order valence-corrected chi connectivity index (χ3v) is 1.87. The first-order chi connectivity index (χ1) is 5.84. The molecular formula is C9H9ClO2. The van der Waals surface area contributed by atoms with E-state index in [1.165, 1.54) is 0 Å². The molecule has 0 N–H and O–H groups in total. The van der Waals surface area contributed by atoms with Gasteiger partial charge in [-0.1, -0.05) is 17.7 Å². The summed E-state index contributed by atoms with van der Waals surface area (Å²) >= 11 is 5.76. The van der Waals surface area contributed by atoms with Crippen molar-refractivity contribution in [3.05, 3.63) is 29.3 Å². The highest BCUT2D eigenvalue weighted by Crippen LogP contribution is 2.18. The molecule has 1 aromatic carbocycles. The summed E-state index contributed by atoms with van der Waals surface area (Å²) in [5.41, 5.74) is 0. The van der Waals surface area contributed by atoms with Gasteiger partial charge in [0, 0.05) is 5.02 Å². The van der Waals surface area contributed by atoms with E-state index < -0.39 is 0 Å². The zero-order valence-electron chi connectivity index (χ0n) is 6.50. The lowest BCUT2D eigenvalue weighted by Crippen LogP contribution is -2.03. The Balaban J connectivity index is 1.92. The maximum absolute atomic E-state index is 5.76. The predicted molar refractivity (Wildman–Crippen MR) is 46.7 cm³/mol.